The van der Waals surface area contributed by atoms with Crippen LogP contribution in [-0.4, -0.2) is 44.8 Å². The fourth-order valence-electron chi connectivity index (χ4n) is 2.72. The van der Waals surface area contributed by atoms with E-state index < -0.39 is 10.0 Å². The van der Waals surface area contributed by atoms with E-state index in [4.69, 9.17) is 0 Å². The Morgan fingerprint density at radius 1 is 1.25 bits per heavy atom. The molecule has 1 N–H and O–H groups in total. The normalized spacial score (nSPS) is 16.2. The van der Waals surface area contributed by atoms with E-state index in [0.717, 1.165) is 17.1 Å². The SMILES string of the molecule is CN(C)c1nccnc1NCc1cccc(N2CCCS2(=O)=O)c1. The molecule has 1 fully saturated rings. The Labute approximate surface area is 142 Å². The minimum atomic E-state index is -3.16. The fraction of sp³-hybridized carbons (Fsp3) is 0.375. The summed E-state index contributed by atoms with van der Waals surface area (Å²) in [6.45, 7) is 1.09. The van der Waals surface area contributed by atoms with Crippen molar-refractivity contribution in [3.05, 3.63) is 42.2 Å². The van der Waals surface area contributed by atoms with E-state index in [9.17, 15) is 8.42 Å². The minimum Gasteiger partial charge on any atom is -0.363 e. The van der Waals surface area contributed by atoms with Crippen LogP contribution in [0.3, 0.4) is 0 Å². The van der Waals surface area contributed by atoms with Gasteiger partial charge in [-0.25, -0.2) is 18.4 Å². The monoisotopic (exact) mass is 347 g/mol. The Kier molecular flexibility index (Phi) is 4.57. The van der Waals surface area contributed by atoms with Crippen molar-refractivity contribution >= 4 is 27.3 Å². The second-order valence-electron chi connectivity index (χ2n) is 5.89. The molecule has 0 bridgehead atoms. The first-order valence-corrected chi connectivity index (χ1v) is 9.40. The van der Waals surface area contributed by atoms with Gasteiger partial charge in [-0.05, 0) is 24.1 Å². The maximum absolute atomic E-state index is 12.1. The van der Waals surface area contributed by atoms with Crippen molar-refractivity contribution in [3.8, 4) is 0 Å². The average molecular weight is 347 g/mol. The number of hydrogen-bond donors (Lipinski definition) is 1. The summed E-state index contributed by atoms with van der Waals surface area (Å²) in [5.74, 6) is 1.68. The number of nitrogens with zero attached hydrogens (tertiary/aromatic N) is 4. The molecule has 24 heavy (non-hydrogen) atoms. The molecule has 1 aliphatic heterocycles. The Bertz CT molecular complexity index is 823. The van der Waals surface area contributed by atoms with Crippen LogP contribution in [0.15, 0.2) is 36.7 Å². The van der Waals surface area contributed by atoms with Crippen molar-refractivity contribution in [1.82, 2.24) is 9.97 Å². The van der Waals surface area contributed by atoms with Gasteiger partial charge in [0, 0.05) is 39.6 Å². The lowest BCUT2D eigenvalue weighted by Gasteiger charge is -2.18. The van der Waals surface area contributed by atoms with Gasteiger partial charge in [0.05, 0.1) is 11.4 Å². The topological polar surface area (TPSA) is 78.4 Å². The van der Waals surface area contributed by atoms with Crippen LogP contribution in [0.1, 0.15) is 12.0 Å². The van der Waals surface area contributed by atoms with Crippen molar-refractivity contribution in [2.45, 2.75) is 13.0 Å². The summed E-state index contributed by atoms with van der Waals surface area (Å²) in [6, 6.07) is 7.58. The molecule has 2 aromatic rings. The van der Waals surface area contributed by atoms with E-state index in [-0.39, 0.29) is 5.75 Å². The van der Waals surface area contributed by atoms with E-state index in [1.165, 1.54) is 4.31 Å². The third-order valence-electron chi connectivity index (χ3n) is 3.86. The van der Waals surface area contributed by atoms with Crippen molar-refractivity contribution in [1.29, 1.82) is 0 Å². The van der Waals surface area contributed by atoms with Gasteiger partial charge >= 0.3 is 0 Å². The zero-order valence-electron chi connectivity index (χ0n) is 13.8. The first-order chi connectivity index (χ1) is 11.5. The number of rotatable bonds is 5. The summed E-state index contributed by atoms with van der Waals surface area (Å²) in [6.07, 6.45) is 3.97. The van der Waals surface area contributed by atoms with Crippen molar-refractivity contribution < 1.29 is 8.42 Å². The molecule has 0 spiro atoms. The third kappa shape index (κ3) is 3.43. The summed E-state index contributed by atoms with van der Waals surface area (Å²) < 4.78 is 25.6. The quantitative estimate of drug-likeness (QED) is 0.887. The van der Waals surface area contributed by atoms with Crippen molar-refractivity contribution in [3.63, 3.8) is 0 Å². The summed E-state index contributed by atoms with van der Waals surface area (Å²) in [5, 5.41) is 3.27. The molecule has 0 unspecified atom stereocenters. The van der Waals surface area contributed by atoms with Crippen LogP contribution in [0.4, 0.5) is 17.3 Å². The maximum atomic E-state index is 12.1. The fourth-order valence-corrected chi connectivity index (χ4v) is 4.28. The molecular formula is C16H21N5O2S. The number of sulfonamides is 1. The van der Waals surface area contributed by atoms with E-state index in [0.29, 0.717) is 25.3 Å². The molecule has 0 atom stereocenters. The van der Waals surface area contributed by atoms with Gasteiger partial charge in [-0.3, -0.25) is 4.31 Å². The van der Waals surface area contributed by atoms with Crippen LogP contribution in [0.25, 0.3) is 0 Å². The standard InChI is InChI=1S/C16H21N5O2S/c1-20(2)16-15(17-7-8-18-16)19-12-13-5-3-6-14(11-13)21-9-4-10-24(21,22)23/h3,5-8,11H,4,9-10,12H2,1-2H3,(H,17,19). The summed E-state index contributed by atoms with van der Waals surface area (Å²) in [7, 11) is 0.663. The smallest absolute Gasteiger partial charge is 0.235 e. The lowest BCUT2D eigenvalue weighted by Crippen LogP contribution is -2.25. The van der Waals surface area contributed by atoms with Crippen molar-refractivity contribution in [2.24, 2.45) is 0 Å². The molecule has 7 nitrogen and oxygen atoms in total. The lowest BCUT2D eigenvalue weighted by molar-refractivity contribution is 0.599. The largest absolute Gasteiger partial charge is 0.363 e. The van der Waals surface area contributed by atoms with E-state index >= 15 is 0 Å². The highest BCUT2D eigenvalue weighted by atomic mass is 32.2. The van der Waals surface area contributed by atoms with E-state index in [1.54, 1.807) is 12.4 Å². The zero-order valence-corrected chi connectivity index (χ0v) is 14.6. The molecule has 0 amide bonds. The summed E-state index contributed by atoms with van der Waals surface area (Å²) >= 11 is 0. The van der Waals surface area contributed by atoms with Crippen LogP contribution in [0.2, 0.25) is 0 Å². The molecule has 3 rings (SSSR count). The van der Waals surface area contributed by atoms with Crippen LogP contribution in [0, 0.1) is 0 Å². The van der Waals surface area contributed by atoms with E-state index in [2.05, 4.69) is 15.3 Å². The Morgan fingerprint density at radius 2 is 2.04 bits per heavy atom. The highest BCUT2D eigenvalue weighted by Gasteiger charge is 2.28. The molecule has 128 valence electrons. The molecular weight excluding hydrogens is 326 g/mol. The maximum Gasteiger partial charge on any atom is 0.235 e. The number of benzene rings is 1. The average Bonchev–Trinajstić information content (AvgIpc) is 2.92. The molecule has 0 aliphatic carbocycles. The second kappa shape index (κ2) is 6.64. The lowest BCUT2D eigenvalue weighted by atomic mass is 10.2. The van der Waals surface area contributed by atoms with Crippen LogP contribution >= 0.6 is 0 Å². The Hall–Kier alpha value is -2.35. The Balaban J connectivity index is 1.77. The van der Waals surface area contributed by atoms with Crippen LogP contribution in [0.5, 0.6) is 0 Å². The summed E-state index contributed by atoms with van der Waals surface area (Å²) in [5.41, 5.74) is 1.71. The predicted octanol–water partition coefficient (Wildman–Crippen LogP) is 1.69. The van der Waals surface area contributed by atoms with Gasteiger partial charge in [0.15, 0.2) is 11.6 Å². The van der Waals surface area contributed by atoms with Crippen molar-refractivity contribution in [2.75, 3.05) is 40.9 Å². The number of hydrogen-bond acceptors (Lipinski definition) is 6. The number of nitrogens with one attached hydrogen (secondary N) is 1. The van der Waals surface area contributed by atoms with E-state index in [1.807, 2.05) is 43.3 Å². The minimum absolute atomic E-state index is 0.223. The Morgan fingerprint density at radius 3 is 2.75 bits per heavy atom. The number of aromatic nitrogens is 2. The molecule has 1 saturated heterocycles. The molecule has 2 heterocycles. The third-order valence-corrected chi connectivity index (χ3v) is 5.73. The van der Waals surface area contributed by atoms with Gasteiger partial charge in [-0.2, -0.15) is 0 Å². The van der Waals surface area contributed by atoms with Crippen LogP contribution in [-0.2, 0) is 16.6 Å². The molecule has 1 aliphatic rings. The molecule has 8 heteroatoms. The molecule has 1 aromatic heterocycles. The first-order valence-electron chi connectivity index (χ1n) is 7.79. The highest BCUT2D eigenvalue weighted by Crippen LogP contribution is 2.25. The van der Waals surface area contributed by atoms with Gasteiger partial charge in [-0.15, -0.1) is 0 Å². The zero-order chi connectivity index (χ0) is 17.2. The highest BCUT2D eigenvalue weighted by molar-refractivity contribution is 7.93. The van der Waals surface area contributed by atoms with Gasteiger partial charge in [0.1, 0.15) is 0 Å². The first kappa shape index (κ1) is 16.5. The molecule has 0 saturated carbocycles. The summed E-state index contributed by atoms with van der Waals surface area (Å²) in [4.78, 5) is 10.5. The predicted molar refractivity (Wildman–Crippen MR) is 95.9 cm³/mol. The molecule has 1 aromatic carbocycles. The number of anilines is 3. The van der Waals surface area contributed by atoms with Gasteiger partial charge < -0.3 is 10.2 Å². The van der Waals surface area contributed by atoms with Crippen LogP contribution < -0.4 is 14.5 Å². The van der Waals surface area contributed by atoms with Gasteiger partial charge in [0.25, 0.3) is 0 Å². The van der Waals surface area contributed by atoms with Gasteiger partial charge in [0.2, 0.25) is 10.0 Å². The second-order valence-corrected chi connectivity index (χ2v) is 7.90. The van der Waals surface area contributed by atoms with Gasteiger partial charge in [-0.1, -0.05) is 12.1 Å². The molecule has 0 radical (unpaired) electrons.